The largest absolute Gasteiger partial charge is 0.323 e. The van der Waals surface area contributed by atoms with Crippen molar-refractivity contribution < 1.29 is 0 Å². The molecule has 0 aliphatic heterocycles. The third kappa shape index (κ3) is 1.57. The molecule has 0 spiro atoms. The fourth-order valence-electron chi connectivity index (χ4n) is 2.63. The van der Waals surface area contributed by atoms with Gasteiger partial charge in [-0.1, -0.05) is 12.5 Å². The molecule has 0 bridgehead atoms. The molecule has 3 nitrogen and oxygen atoms in total. The van der Waals surface area contributed by atoms with Gasteiger partial charge in [0.05, 0.1) is 11.2 Å². The molecule has 3 rings (SSSR count). The molecular weight excluding hydrogens is 210 g/mol. The van der Waals surface area contributed by atoms with Gasteiger partial charge in [0.1, 0.15) is 5.82 Å². The van der Waals surface area contributed by atoms with E-state index in [1.165, 1.54) is 36.3 Å². The van der Waals surface area contributed by atoms with Crippen LogP contribution in [0.25, 0.3) is 5.52 Å². The van der Waals surface area contributed by atoms with E-state index in [0.717, 1.165) is 5.69 Å². The van der Waals surface area contributed by atoms with Gasteiger partial charge in [0.15, 0.2) is 0 Å². The number of nitrogens with zero attached hydrogens (tertiary/aromatic N) is 2. The number of hydrogen-bond acceptors (Lipinski definition) is 2. The lowest BCUT2D eigenvalue weighted by molar-refractivity contribution is 0.399. The summed E-state index contributed by atoms with van der Waals surface area (Å²) in [7, 11) is 0. The van der Waals surface area contributed by atoms with Crippen molar-refractivity contribution in [2.75, 3.05) is 0 Å². The summed E-state index contributed by atoms with van der Waals surface area (Å²) < 4.78 is 2.29. The number of imidazole rings is 1. The maximum absolute atomic E-state index is 6.03. The van der Waals surface area contributed by atoms with E-state index in [-0.39, 0.29) is 6.04 Å². The molecule has 0 aromatic carbocycles. The summed E-state index contributed by atoms with van der Waals surface area (Å²) in [6, 6.07) is 6.35. The second-order valence-corrected chi connectivity index (χ2v) is 5.16. The molecule has 1 unspecified atom stereocenters. The van der Waals surface area contributed by atoms with Crippen LogP contribution in [0, 0.1) is 6.92 Å². The number of aromatic nitrogens is 2. The predicted molar refractivity (Wildman–Crippen MR) is 69.1 cm³/mol. The topological polar surface area (TPSA) is 43.3 Å². The second-order valence-electron chi connectivity index (χ2n) is 5.16. The Morgan fingerprint density at radius 1 is 1.41 bits per heavy atom. The normalized spacial score (nSPS) is 18.3. The first-order chi connectivity index (χ1) is 8.18. The van der Waals surface area contributed by atoms with Gasteiger partial charge in [-0.2, -0.15) is 0 Å². The molecule has 2 aromatic rings. The predicted octanol–water partition coefficient (Wildman–Crippen LogP) is 2.93. The van der Waals surface area contributed by atoms with Crippen LogP contribution in [0.1, 0.15) is 55.4 Å². The van der Waals surface area contributed by atoms with E-state index in [9.17, 15) is 0 Å². The number of rotatable bonds is 2. The maximum Gasteiger partial charge on any atom is 0.116 e. The average molecular weight is 229 g/mol. The Morgan fingerprint density at radius 3 is 2.76 bits per heavy atom. The molecule has 1 aliphatic rings. The molecule has 3 heteroatoms. The minimum Gasteiger partial charge on any atom is -0.323 e. The minimum atomic E-state index is 0.000580. The second kappa shape index (κ2) is 3.84. The number of aryl methyl sites for hydroxylation is 1. The van der Waals surface area contributed by atoms with Gasteiger partial charge >= 0.3 is 0 Å². The summed E-state index contributed by atoms with van der Waals surface area (Å²) in [5.74, 6) is 1.85. The van der Waals surface area contributed by atoms with Crippen LogP contribution in [-0.2, 0) is 0 Å². The van der Waals surface area contributed by atoms with Gasteiger partial charge in [0, 0.05) is 17.7 Å². The van der Waals surface area contributed by atoms with Crippen molar-refractivity contribution in [3.8, 4) is 0 Å². The molecule has 1 fully saturated rings. The summed E-state index contributed by atoms with van der Waals surface area (Å²) >= 11 is 0. The van der Waals surface area contributed by atoms with Gasteiger partial charge in [-0.25, -0.2) is 4.98 Å². The van der Waals surface area contributed by atoms with Gasteiger partial charge in [0.2, 0.25) is 0 Å². The highest BCUT2D eigenvalue weighted by Crippen LogP contribution is 2.37. The van der Waals surface area contributed by atoms with E-state index in [2.05, 4.69) is 29.5 Å². The molecule has 1 aliphatic carbocycles. The lowest BCUT2D eigenvalue weighted by atomic mass is 9.85. The van der Waals surface area contributed by atoms with E-state index in [1.807, 2.05) is 6.92 Å². The average Bonchev–Trinajstić information content (AvgIpc) is 2.56. The van der Waals surface area contributed by atoms with Crippen molar-refractivity contribution in [1.29, 1.82) is 0 Å². The Morgan fingerprint density at radius 2 is 2.18 bits per heavy atom. The fraction of sp³-hybridized carbons (Fsp3) is 0.500. The Labute approximate surface area is 102 Å². The quantitative estimate of drug-likeness (QED) is 0.860. The monoisotopic (exact) mass is 229 g/mol. The number of hydrogen-bond donors (Lipinski definition) is 1. The first-order valence-electron chi connectivity index (χ1n) is 6.42. The summed E-state index contributed by atoms with van der Waals surface area (Å²) in [5, 5.41) is 0. The molecule has 2 heterocycles. The molecule has 0 amide bonds. The van der Waals surface area contributed by atoms with Gasteiger partial charge in [-0.05, 0) is 38.8 Å². The standard InChI is InChI=1S/C14H19N3/c1-9-5-3-8-12-13(10(2)15)16-14(17(9)12)11-6-4-7-11/h3,5,8,10-11H,4,6-7,15H2,1-2H3. The smallest absolute Gasteiger partial charge is 0.116 e. The van der Waals surface area contributed by atoms with E-state index >= 15 is 0 Å². The van der Waals surface area contributed by atoms with Crippen molar-refractivity contribution in [2.24, 2.45) is 5.73 Å². The van der Waals surface area contributed by atoms with Crippen LogP contribution >= 0.6 is 0 Å². The Hall–Kier alpha value is -1.35. The lowest BCUT2D eigenvalue weighted by Crippen LogP contribution is -2.13. The van der Waals surface area contributed by atoms with Gasteiger partial charge in [0.25, 0.3) is 0 Å². The van der Waals surface area contributed by atoms with Gasteiger partial charge < -0.3 is 10.1 Å². The summed E-state index contributed by atoms with van der Waals surface area (Å²) in [5.41, 5.74) is 9.50. The molecule has 2 aromatic heterocycles. The highest BCUT2D eigenvalue weighted by Gasteiger charge is 2.26. The first-order valence-corrected chi connectivity index (χ1v) is 6.42. The van der Waals surface area contributed by atoms with E-state index in [4.69, 9.17) is 10.7 Å². The van der Waals surface area contributed by atoms with Crippen molar-refractivity contribution in [2.45, 2.75) is 45.1 Å². The molecule has 90 valence electrons. The molecule has 17 heavy (non-hydrogen) atoms. The molecule has 1 atom stereocenters. The Kier molecular flexibility index (Phi) is 2.44. The van der Waals surface area contributed by atoms with E-state index in [1.54, 1.807) is 0 Å². The van der Waals surface area contributed by atoms with Crippen molar-refractivity contribution in [1.82, 2.24) is 9.38 Å². The lowest BCUT2D eigenvalue weighted by Gasteiger charge is -2.24. The van der Waals surface area contributed by atoms with Crippen LogP contribution in [0.2, 0.25) is 0 Å². The summed E-state index contributed by atoms with van der Waals surface area (Å²) in [6.07, 6.45) is 3.87. The zero-order chi connectivity index (χ0) is 12.0. The van der Waals surface area contributed by atoms with Crippen molar-refractivity contribution in [3.63, 3.8) is 0 Å². The zero-order valence-electron chi connectivity index (χ0n) is 10.5. The third-order valence-electron chi connectivity index (χ3n) is 3.81. The minimum absolute atomic E-state index is 0.000580. The van der Waals surface area contributed by atoms with Crippen LogP contribution in [0.5, 0.6) is 0 Å². The fourth-order valence-corrected chi connectivity index (χ4v) is 2.63. The Balaban J connectivity index is 2.27. The van der Waals surface area contributed by atoms with Crippen molar-refractivity contribution in [3.05, 3.63) is 35.4 Å². The molecular formula is C14H19N3. The highest BCUT2D eigenvalue weighted by atomic mass is 15.1. The van der Waals surface area contributed by atoms with Crippen LogP contribution in [0.4, 0.5) is 0 Å². The van der Waals surface area contributed by atoms with Crippen LogP contribution < -0.4 is 5.73 Å². The van der Waals surface area contributed by atoms with E-state index < -0.39 is 0 Å². The first kappa shape index (κ1) is 10.8. The molecule has 0 saturated heterocycles. The molecule has 0 radical (unpaired) electrons. The number of fused-ring (bicyclic) bond motifs is 1. The van der Waals surface area contributed by atoms with Crippen LogP contribution in [-0.4, -0.2) is 9.38 Å². The van der Waals surface area contributed by atoms with Gasteiger partial charge in [-0.3, -0.25) is 0 Å². The van der Waals surface area contributed by atoms with Crippen LogP contribution in [0.3, 0.4) is 0 Å². The summed E-state index contributed by atoms with van der Waals surface area (Å²) in [4.78, 5) is 4.81. The molecule has 1 saturated carbocycles. The maximum atomic E-state index is 6.03. The highest BCUT2D eigenvalue weighted by molar-refractivity contribution is 5.56. The van der Waals surface area contributed by atoms with Crippen molar-refractivity contribution >= 4 is 5.52 Å². The number of pyridine rings is 1. The zero-order valence-corrected chi connectivity index (χ0v) is 10.5. The SMILES string of the molecule is Cc1cccc2c(C(C)N)nc(C3CCC3)n12. The Bertz CT molecular complexity index is 550. The van der Waals surface area contributed by atoms with Gasteiger partial charge in [-0.15, -0.1) is 0 Å². The third-order valence-corrected chi connectivity index (χ3v) is 3.81. The van der Waals surface area contributed by atoms with Crippen LogP contribution in [0.15, 0.2) is 18.2 Å². The number of nitrogens with two attached hydrogens (primary N) is 1. The van der Waals surface area contributed by atoms with E-state index in [0.29, 0.717) is 5.92 Å². The molecule has 2 N–H and O–H groups in total. The summed E-state index contributed by atoms with van der Waals surface area (Å²) in [6.45, 7) is 4.15.